The molecule has 0 N–H and O–H groups in total. The van der Waals surface area contributed by atoms with Crippen LogP contribution in [0.25, 0.3) is 16.8 Å². The zero-order chi connectivity index (χ0) is 19.2. The van der Waals surface area contributed by atoms with Gasteiger partial charge >= 0.3 is 5.97 Å². The Morgan fingerprint density at radius 3 is 2.64 bits per heavy atom. The van der Waals surface area contributed by atoms with Crippen LogP contribution in [-0.2, 0) is 22.7 Å². The number of ether oxygens (including phenoxy) is 1. The van der Waals surface area contributed by atoms with Crippen LogP contribution in [0.2, 0.25) is 0 Å². The summed E-state index contributed by atoms with van der Waals surface area (Å²) in [7, 11) is 0. The number of fused-ring (bicyclic) bond motifs is 1. The van der Waals surface area contributed by atoms with Crippen LogP contribution in [0.4, 0.5) is 0 Å². The van der Waals surface area contributed by atoms with Crippen molar-refractivity contribution >= 4 is 22.8 Å². The van der Waals surface area contributed by atoms with E-state index in [4.69, 9.17) is 4.74 Å². The number of imidazole rings is 1. The lowest BCUT2D eigenvalue weighted by Crippen LogP contribution is -2.08. The van der Waals surface area contributed by atoms with Crippen molar-refractivity contribution in [3.05, 3.63) is 108 Å². The highest BCUT2D eigenvalue weighted by Gasteiger charge is 2.06. The first-order valence-electron chi connectivity index (χ1n) is 9.16. The first kappa shape index (κ1) is 17.7. The quantitative estimate of drug-likeness (QED) is 0.361. The lowest BCUT2D eigenvalue weighted by molar-refractivity contribution is -0.139. The van der Waals surface area contributed by atoms with Crippen LogP contribution < -0.4 is 0 Å². The molecule has 0 radical (unpaired) electrons. The highest BCUT2D eigenvalue weighted by atomic mass is 16.5. The molecule has 0 aliphatic rings. The average Bonchev–Trinajstić information content (AvgIpc) is 3.18. The lowest BCUT2D eigenvalue weighted by Gasteiger charge is -2.08. The van der Waals surface area contributed by atoms with Crippen LogP contribution >= 0.6 is 0 Å². The number of aromatic nitrogens is 2. The van der Waals surface area contributed by atoms with Gasteiger partial charge in [-0.05, 0) is 28.0 Å². The van der Waals surface area contributed by atoms with Crippen molar-refractivity contribution in [2.75, 3.05) is 0 Å². The van der Waals surface area contributed by atoms with Gasteiger partial charge in [0.05, 0.1) is 0 Å². The van der Waals surface area contributed by atoms with Gasteiger partial charge in [-0.15, -0.1) is 0 Å². The van der Waals surface area contributed by atoms with Crippen LogP contribution in [0, 0.1) is 0 Å². The number of benzene rings is 3. The Bertz CT molecular complexity index is 1110. The Hall–Kier alpha value is -3.66. The molecule has 0 aliphatic heterocycles. The summed E-state index contributed by atoms with van der Waals surface area (Å²) >= 11 is 0. The molecular weight excluding hydrogens is 348 g/mol. The summed E-state index contributed by atoms with van der Waals surface area (Å²) in [5.74, 6) is 0.331. The minimum atomic E-state index is -0.387. The van der Waals surface area contributed by atoms with Gasteiger partial charge in [-0.1, -0.05) is 72.8 Å². The Morgan fingerprint density at radius 1 is 0.964 bits per heavy atom. The van der Waals surface area contributed by atoms with E-state index in [1.54, 1.807) is 12.3 Å². The molecule has 4 heteroatoms. The van der Waals surface area contributed by atoms with E-state index in [-0.39, 0.29) is 12.6 Å². The molecule has 0 atom stereocenters. The van der Waals surface area contributed by atoms with Crippen molar-refractivity contribution in [3.63, 3.8) is 0 Å². The summed E-state index contributed by atoms with van der Waals surface area (Å²) in [4.78, 5) is 16.5. The summed E-state index contributed by atoms with van der Waals surface area (Å²) < 4.78 is 7.37. The zero-order valence-electron chi connectivity index (χ0n) is 15.4. The van der Waals surface area contributed by atoms with Gasteiger partial charge in [0, 0.05) is 25.0 Å². The molecule has 0 unspecified atom stereocenters. The van der Waals surface area contributed by atoms with Crippen LogP contribution in [0.5, 0.6) is 0 Å². The lowest BCUT2D eigenvalue weighted by atomic mass is 10.0. The minimum Gasteiger partial charge on any atom is -0.454 e. The molecule has 0 fully saturated rings. The third-order valence-corrected chi connectivity index (χ3v) is 4.56. The number of rotatable bonds is 6. The van der Waals surface area contributed by atoms with E-state index in [0.717, 1.165) is 22.2 Å². The summed E-state index contributed by atoms with van der Waals surface area (Å²) in [5.41, 5.74) is 2.16. The largest absolute Gasteiger partial charge is 0.454 e. The van der Waals surface area contributed by atoms with Gasteiger partial charge in [-0.2, -0.15) is 0 Å². The van der Waals surface area contributed by atoms with E-state index >= 15 is 0 Å². The second-order valence-corrected chi connectivity index (χ2v) is 6.47. The van der Waals surface area contributed by atoms with Crippen LogP contribution in [-0.4, -0.2) is 15.5 Å². The fourth-order valence-corrected chi connectivity index (χ4v) is 3.14. The second kappa shape index (κ2) is 8.35. The van der Waals surface area contributed by atoms with Gasteiger partial charge in [-0.25, -0.2) is 9.78 Å². The topological polar surface area (TPSA) is 44.1 Å². The third kappa shape index (κ3) is 4.18. The predicted octanol–water partition coefficient (Wildman–Crippen LogP) is 4.84. The van der Waals surface area contributed by atoms with E-state index in [0.29, 0.717) is 6.54 Å². The van der Waals surface area contributed by atoms with Gasteiger partial charge in [0.1, 0.15) is 12.4 Å². The standard InChI is InChI=1S/C24H20N2O2/c27-24(14-13-21-11-6-10-20-9-4-5-12-22(20)21)28-18-23-25-15-16-26(23)17-19-7-2-1-3-8-19/h1-16H,17-18H2. The molecule has 4 aromatic rings. The molecule has 1 aromatic heterocycles. The molecule has 4 nitrogen and oxygen atoms in total. The van der Waals surface area contributed by atoms with E-state index in [1.165, 1.54) is 11.6 Å². The SMILES string of the molecule is O=C(C=Cc1cccc2ccccc12)OCc1nccn1Cc1ccccc1. The Balaban J connectivity index is 1.40. The first-order chi connectivity index (χ1) is 13.8. The number of carbonyl (C=O) groups is 1. The van der Waals surface area contributed by atoms with Crippen molar-refractivity contribution in [1.82, 2.24) is 9.55 Å². The zero-order valence-corrected chi connectivity index (χ0v) is 15.4. The average molecular weight is 368 g/mol. The second-order valence-electron chi connectivity index (χ2n) is 6.47. The van der Waals surface area contributed by atoms with Crippen molar-refractivity contribution in [2.24, 2.45) is 0 Å². The fourth-order valence-electron chi connectivity index (χ4n) is 3.14. The Morgan fingerprint density at radius 2 is 1.75 bits per heavy atom. The highest BCUT2D eigenvalue weighted by Crippen LogP contribution is 2.19. The molecule has 3 aromatic carbocycles. The molecule has 0 saturated carbocycles. The molecule has 0 spiro atoms. The molecule has 0 bridgehead atoms. The maximum atomic E-state index is 12.2. The van der Waals surface area contributed by atoms with Gasteiger partial charge in [0.15, 0.2) is 0 Å². The molecule has 4 rings (SSSR count). The molecule has 0 aliphatic carbocycles. The van der Waals surface area contributed by atoms with Crippen molar-refractivity contribution < 1.29 is 9.53 Å². The van der Waals surface area contributed by atoms with Crippen LogP contribution in [0.3, 0.4) is 0 Å². The number of esters is 1. The van der Waals surface area contributed by atoms with Gasteiger partial charge in [0.2, 0.25) is 0 Å². The monoisotopic (exact) mass is 368 g/mol. The van der Waals surface area contributed by atoms with Crippen molar-refractivity contribution in [3.8, 4) is 0 Å². The fraction of sp³-hybridized carbons (Fsp3) is 0.0833. The number of hydrogen-bond donors (Lipinski definition) is 0. The summed E-state index contributed by atoms with van der Waals surface area (Å²) in [6.07, 6.45) is 6.87. The molecule has 1 heterocycles. The molecule has 138 valence electrons. The van der Waals surface area contributed by atoms with E-state index in [1.807, 2.05) is 59.3 Å². The Kier molecular flexibility index (Phi) is 5.29. The smallest absolute Gasteiger partial charge is 0.331 e. The molecule has 0 saturated heterocycles. The normalized spacial score (nSPS) is 11.1. The van der Waals surface area contributed by atoms with Crippen molar-refractivity contribution in [2.45, 2.75) is 13.2 Å². The number of hydrogen-bond acceptors (Lipinski definition) is 3. The summed E-state index contributed by atoms with van der Waals surface area (Å²) in [6, 6.07) is 24.2. The van der Waals surface area contributed by atoms with E-state index in [9.17, 15) is 4.79 Å². The Labute approximate surface area is 163 Å². The maximum Gasteiger partial charge on any atom is 0.331 e. The maximum absolute atomic E-state index is 12.2. The van der Waals surface area contributed by atoms with Gasteiger partial charge in [0.25, 0.3) is 0 Å². The molecule has 28 heavy (non-hydrogen) atoms. The summed E-state index contributed by atoms with van der Waals surface area (Å²) in [6.45, 7) is 0.831. The van der Waals surface area contributed by atoms with Crippen molar-refractivity contribution in [1.29, 1.82) is 0 Å². The highest BCUT2D eigenvalue weighted by molar-refractivity contribution is 5.94. The molecule has 0 amide bonds. The van der Waals surface area contributed by atoms with Gasteiger partial charge in [-0.3, -0.25) is 0 Å². The predicted molar refractivity (Wildman–Crippen MR) is 111 cm³/mol. The van der Waals surface area contributed by atoms with E-state index < -0.39 is 0 Å². The summed E-state index contributed by atoms with van der Waals surface area (Å²) in [5, 5.41) is 2.24. The molecular formula is C24H20N2O2. The van der Waals surface area contributed by atoms with E-state index in [2.05, 4.69) is 29.2 Å². The number of carbonyl (C=O) groups excluding carboxylic acids is 1. The van der Waals surface area contributed by atoms with Crippen LogP contribution in [0.15, 0.2) is 91.3 Å². The first-order valence-corrected chi connectivity index (χ1v) is 9.16. The van der Waals surface area contributed by atoms with Crippen LogP contribution in [0.1, 0.15) is 17.0 Å². The minimum absolute atomic E-state index is 0.137. The van der Waals surface area contributed by atoms with Gasteiger partial charge < -0.3 is 9.30 Å². The third-order valence-electron chi connectivity index (χ3n) is 4.56. The number of nitrogens with zero attached hydrogens (tertiary/aromatic N) is 2.